The zero-order valence-electron chi connectivity index (χ0n) is 13.8. The maximum Gasteiger partial charge on any atom is 0.302 e. The maximum absolute atomic E-state index is 13.0. The molecule has 7 nitrogen and oxygen atoms in total. The molecule has 3 aliphatic heterocycles. The summed E-state index contributed by atoms with van der Waals surface area (Å²) in [6.07, 6.45) is 3.03. The van der Waals surface area contributed by atoms with Crippen molar-refractivity contribution in [3.63, 3.8) is 0 Å². The molecular formula is C18H17NO6. The second kappa shape index (κ2) is 5.42. The summed E-state index contributed by atoms with van der Waals surface area (Å²) in [6.45, 7) is 1.21. The molecule has 2 fully saturated rings. The third kappa shape index (κ3) is 2.19. The highest BCUT2D eigenvalue weighted by molar-refractivity contribution is 6.23. The lowest BCUT2D eigenvalue weighted by Crippen LogP contribution is -2.44. The SMILES string of the molecule is COc1cccc(N2C(=O)[C@H]3[C@@H](C2=O)[C@@]2(COC(C)=O)C=C[C@H]3O2)c1. The Kier molecular flexibility index (Phi) is 3.43. The van der Waals surface area contributed by atoms with E-state index in [0.29, 0.717) is 11.4 Å². The van der Waals surface area contributed by atoms with Crippen molar-refractivity contribution in [2.24, 2.45) is 11.8 Å². The number of hydrogen-bond donors (Lipinski definition) is 0. The largest absolute Gasteiger partial charge is 0.497 e. The van der Waals surface area contributed by atoms with Crippen LogP contribution in [0.25, 0.3) is 0 Å². The first-order chi connectivity index (χ1) is 12.0. The smallest absolute Gasteiger partial charge is 0.302 e. The van der Waals surface area contributed by atoms with E-state index in [9.17, 15) is 14.4 Å². The molecule has 0 radical (unpaired) electrons. The fourth-order valence-electron chi connectivity index (χ4n) is 3.89. The second-order valence-corrected chi connectivity index (χ2v) is 6.39. The number of carbonyl (C=O) groups is 3. The quantitative estimate of drug-likeness (QED) is 0.462. The minimum Gasteiger partial charge on any atom is -0.497 e. The van der Waals surface area contributed by atoms with Gasteiger partial charge in [0, 0.05) is 13.0 Å². The van der Waals surface area contributed by atoms with Crippen molar-refractivity contribution < 1.29 is 28.6 Å². The second-order valence-electron chi connectivity index (χ2n) is 6.39. The zero-order chi connectivity index (χ0) is 17.8. The van der Waals surface area contributed by atoms with Crippen LogP contribution in [0.3, 0.4) is 0 Å². The number of fused-ring (bicyclic) bond motifs is 5. The van der Waals surface area contributed by atoms with Crippen molar-refractivity contribution >= 4 is 23.5 Å². The number of amides is 2. The number of esters is 1. The van der Waals surface area contributed by atoms with Gasteiger partial charge in [-0.25, -0.2) is 4.90 Å². The monoisotopic (exact) mass is 343 g/mol. The lowest BCUT2D eigenvalue weighted by atomic mass is 9.77. The summed E-state index contributed by atoms with van der Waals surface area (Å²) in [5.41, 5.74) is -0.604. The van der Waals surface area contributed by atoms with Crippen LogP contribution < -0.4 is 9.64 Å². The minimum absolute atomic E-state index is 0.0819. The van der Waals surface area contributed by atoms with Gasteiger partial charge in [0.25, 0.3) is 0 Å². The number of nitrogens with zero attached hydrogens (tertiary/aromatic N) is 1. The van der Waals surface area contributed by atoms with Crippen molar-refractivity contribution in [1.82, 2.24) is 0 Å². The van der Waals surface area contributed by atoms with Crippen LogP contribution in [0.15, 0.2) is 36.4 Å². The van der Waals surface area contributed by atoms with E-state index in [1.807, 2.05) is 0 Å². The Morgan fingerprint density at radius 3 is 2.84 bits per heavy atom. The van der Waals surface area contributed by atoms with Gasteiger partial charge in [0.05, 0.1) is 30.7 Å². The number of methoxy groups -OCH3 is 1. The van der Waals surface area contributed by atoms with E-state index in [-0.39, 0.29) is 18.4 Å². The number of benzene rings is 1. The van der Waals surface area contributed by atoms with Gasteiger partial charge < -0.3 is 14.2 Å². The molecule has 3 heterocycles. The molecule has 3 aliphatic rings. The van der Waals surface area contributed by atoms with Crippen LogP contribution in [-0.2, 0) is 23.9 Å². The highest BCUT2D eigenvalue weighted by Crippen LogP contribution is 2.52. The van der Waals surface area contributed by atoms with Crippen molar-refractivity contribution in [3.8, 4) is 5.75 Å². The highest BCUT2D eigenvalue weighted by Gasteiger charge is 2.68. The van der Waals surface area contributed by atoms with Crippen LogP contribution in [0.2, 0.25) is 0 Å². The van der Waals surface area contributed by atoms with E-state index in [2.05, 4.69) is 0 Å². The minimum atomic E-state index is -1.07. The van der Waals surface area contributed by atoms with Crippen LogP contribution in [0.4, 0.5) is 5.69 Å². The zero-order valence-corrected chi connectivity index (χ0v) is 13.8. The average Bonchev–Trinajstić information content (AvgIpc) is 3.24. The van der Waals surface area contributed by atoms with Crippen LogP contribution in [-0.4, -0.2) is 43.2 Å². The predicted octanol–water partition coefficient (Wildman–Crippen LogP) is 1.07. The van der Waals surface area contributed by atoms with E-state index in [1.54, 1.807) is 36.4 Å². The fourth-order valence-corrected chi connectivity index (χ4v) is 3.89. The Morgan fingerprint density at radius 2 is 2.12 bits per heavy atom. The molecule has 1 aromatic carbocycles. The van der Waals surface area contributed by atoms with Gasteiger partial charge in [0.15, 0.2) is 0 Å². The number of hydrogen-bond acceptors (Lipinski definition) is 6. The number of anilines is 1. The van der Waals surface area contributed by atoms with Gasteiger partial charge in [0.1, 0.15) is 18.0 Å². The molecule has 2 saturated heterocycles. The van der Waals surface area contributed by atoms with Crippen LogP contribution in [0.5, 0.6) is 5.75 Å². The van der Waals surface area contributed by atoms with Crippen molar-refractivity contribution in [1.29, 1.82) is 0 Å². The summed E-state index contributed by atoms with van der Waals surface area (Å²) in [6, 6.07) is 6.80. The number of imide groups is 1. The number of carbonyl (C=O) groups excluding carboxylic acids is 3. The maximum atomic E-state index is 13.0. The van der Waals surface area contributed by atoms with E-state index >= 15 is 0 Å². The molecule has 0 saturated carbocycles. The average molecular weight is 343 g/mol. The van der Waals surface area contributed by atoms with Crippen molar-refractivity contribution in [2.75, 3.05) is 18.6 Å². The van der Waals surface area contributed by atoms with Gasteiger partial charge in [-0.2, -0.15) is 0 Å². The van der Waals surface area contributed by atoms with Crippen molar-refractivity contribution in [3.05, 3.63) is 36.4 Å². The standard InChI is InChI=1S/C18H17NO6/c1-10(20)24-9-18-7-6-13(25-18)14-15(18)17(22)19(16(14)21)11-4-3-5-12(8-11)23-2/h3-8,13-15H,9H2,1-2H3/t13-,14-,15+,18+/m1/s1. The van der Waals surface area contributed by atoms with Gasteiger partial charge in [-0.15, -0.1) is 0 Å². The topological polar surface area (TPSA) is 82.1 Å². The first-order valence-corrected chi connectivity index (χ1v) is 7.99. The third-order valence-electron chi connectivity index (χ3n) is 4.97. The molecule has 0 N–H and O–H groups in total. The molecule has 130 valence electrons. The Bertz CT molecular complexity index is 803. The molecular weight excluding hydrogens is 326 g/mol. The fraction of sp³-hybridized carbons (Fsp3) is 0.389. The van der Waals surface area contributed by atoms with Crippen LogP contribution in [0, 0.1) is 11.8 Å². The Balaban J connectivity index is 1.69. The third-order valence-corrected chi connectivity index (χ3v) is 4.97. The van der Waals surface area contributed by atoms with E-state index in [0.717, 1.165) is 0 Å². The normalized spacial score (nSPS) is 32.2. The molecule has 25 heavy (non-hydrogen) atoms. The summed E-state index contributed by atoms with van der Waals surface area (Å²) >= 11 is 0. The summed E-state index contributed by atoms with van der Waals surface area (Å²) in [7, 11) is 1.52. The number of rotatable bonds is 4. The van der Waals surface area contributed by atoms with Crippen LogP contribution in [0.1, 0.15) is 6.92 Å². The summed E-state index contributed by atoms with van der Waals surface area (Å²) in [5.74, 6) is -1.84. The summed E-state index contributed by atoms with van der Waals surface area (Å²) in [4.78, 5) is 38.3. The van der Waals surface area contributed by atoms with E-state index in [1.165, 1.54) is 18.9 Å². The molecule has 0 aliphatic carbocycles. The van der Waals surface area contributed by atoms with Gasteiger partial charge in [-0.3, -0.25) is 14.4 Å². The van der Waals surface area contributed by atoms with Gasteiger partial charge in [0.2, 0.25) is 11.8 Å². The summed E-state index contributed by atoms with van der Waals surface area (Å²) in [5, 5.41) is 0. The first-order valence-electron chi connectivity index (χ1n) is 7.99. The van der Waals surface area contributed by atoms with E-state index < -0.39 is 29.5 Å². The first kappa shape index (κ1) is 15.8. The highest BCUT2D eigenvalue weighted by atomic mass is 16.6. The lowest BCUT2D eigenvalue weighted by molar-refractivity contribution is -0.150. The van der Waals surface area contributed by atoms with Gasteiger partial charge in [-0.1, -0.05) is 12.1 Å². The Hall–Kier alpha value is -2.67. The predicted molar refractivity (Wildman–Crippen MR) is 85.8 cm³/mol. The molecule has 4 rings (SSSR count). The molecule has 0 aromatic heterocycles. The number of ether oxygens (including phenoxy) is 3. The molecule has 7 heteroatoms. The Labute approximate surface area is 144 Å². The molecule has 4 atom stereocenters. The van der Waals surface area contributed by atoms with Gasteiger partial charge >= 0.3 is 5.97 Å². The Morgan fingerprint density at radius 1 is 1.32 bits per heavy atom. The summed E-state index contributed by atoms with van der Waals surface area (Å²) < 4.78 is 16.1. The molecule has 2 amide bonds. The molecule has 2 bridgehead atoms. The molecule has 0 spiro atoms. The van der Waals surface area contributed by atoms with Crippen LogP contribution >= 0.6 is 0 Å². The van der Waals surface area contributed by atoms with Crippen molar-refractivity contribution in [2.45, 2.75) is 18.6 Å². The van der Waals surface area contributed by atoms with Gasteiger partial charge in [-0.05, 0) is 18.2 Å². The van der Waals surface area contributed by atoms with E-state index in [4.69, 9.17) is 14.2 Å². The molecule has 0 unspecified atom stereocenters. The molecule has 1 aromatic rings. The lowest BCUT2D eigenvalue weighted by Gasteiger charge is -2.28.